The number of guanidine groups is 1. The molecule has 0 radical (unpaired) electrons. The molecule has 0 aromatic carbocycles. The zero-order valence-corrected chi connectivity index (χ0v) is 6.35. The molecule has 0 saturated heterocycles. The van der Waals surface area contributed by atoms with E-state index in [1.54, 1.807) is 0 Å². The maximum atomic E-state index is 10.5. The second kappa shape index (κ2) is 3.87. The number of carbonyl (C=O) groups excluding carboxylic acids is 1. The lowest BCUT2D eigenvalue weighted by Crippen LogP contribution is -2.39. The summed E-state index contributed by atoms with van der Waals surface area (Å²) < 4.78 is 0. The molecule has 0 aromatic heterocycles. The number of ketones is 1. The minimum absolute atomic E-state index is 0.0250. The lowest BCUT2D eigenvalue weighted by molar-refractivity contribution is -0.117. The first kappa shape index (κ1) is 8.94. The average molecular weight is 143 g/mol. The van der Waals surface area contributed by atoms with Crippen molar-refractivity contribution in [2.45, 2.75) is 13.8 Å². The Morgan fingerprint density at radius 1 is 1.70 bits per heavy atom. The highest BCUT2D eigenvalue weighted by Gasteiger charge is 2.04. The van der Waals surface area contributed by atoms with Crippen molar-refractivity contribution in [1.82, 2.24) is 4.90 Å². The van der Waals surface area contributed by atoms with Gasteiger partial charge < -0.3 is 10.6 Å². The smallest absolute Gasteiger partial charge is 0.188 e. The number of Topliss-reactive ketones (excluding diaryl/α,β-unsaturated/α-hetero) is 1. The first-order chi connectivity index (χ1) is 4.57. The van der Waals surface area contributed by atoms with Gasteiger partial charge in [0.15, 0.2) is 5.96 Å². The Balaban J connectivity index is 3.83. The zero-order valence-electron chi connectivity index (χ0n) is 6.35. The van der Waals surface area contributed by atoms with Crippen LogP contribution in [0.15, 0.2) is 0 Å². The van der Waals surface area contributed by atoms with Crippen molar-refractivity contribution in [3.8, 4) is 0 Å². The van der Waals surface area contributed by atoms with Gasteiger partial charge in [0.2, 0.25) is 0 Å². The maximum Gasteiger partial charge on any atom is 0.188 e. The second-order valence-electron chi connectivity index (χ2n) is 2.10. The number of rotatable bonds is 3. The number of carbonyl (C=O) groups is 1. The summed E-state index contributed by atoms with van der Waals surface area (Å²) >= 11 is 0. The fourth-order valence-electron chi connectivity index (χ4n) is 0.636. The molecule has 0 saturated carbocycles. The number of nitrogens with one attached hydrogen (secondary N) is 1. The number of nitrogens with two attached hydrogens (primary N) is 1. The fraction of sp³-hybridized carbons (Fsp3) is 0.667. The predicted molar refractivity (Wildman–Crippen MR) is 39.8 cm³/mol. The van der Waals surface area contributed by atoms with Gasteiger partial charge in [-0.1, -0.05) is 0 Å². The van der Waals surface area contributed by atoms with Crippen LogP contribution in [-0.2, 0) is 4.79 Å². The topological polar surface area (TPSA) is 70.2 Å². The minimum Gasteiger partial charge on any atom is -0.370 e. The molecule has 0 rings (SSSR count). The van der Waals surface area contributed by atoms with Gasteiger partial charge in [0, 0.05) is 6.54 Å². The van der Waals surface area contributed by atoms with Gasteiger partial charge in [-0.15, -0.1) is 0 Å². The van der Waals surface area contributed by atoms with Gasteiger partial charge >= 0.3 is 0 Å². The molecule has 3 N–H and O–H groups in total. The first-order valence-corrected chi connectivity index (χ1v) is 3.16. The van der Waals surface area contributed by atoms with E-state index in [1.807, 2.05) is 6.92 Å². The molecule has 0 aromatic rings. The van der Waals surface area contributed by atoms with Crippen molar-refractivity contribution >= 4 is 11.7 Å². The lowest BCUT2D eigenvalue weighted by Gasteiger charge is -2.17. The van der Waals surface area contributed by atoms with E-state index in [2.05, 4.69) is 0 Å². The molecule has 4 heteroatoms. The van der Waals surface area contributed by atoms with E-state index >= 15 is 0 Å². The van der Waals surface area contributed by atoms with Crippen molar-refractivity contribution in [2.75, 3.05) is 13.1 Å². The molecule has 58 valence electrons. The van der Waals surface area contributed by atoms with Crippen LogP contribution in [-0.4, -0.2) is 29.7 Å². The Bertz CT molecular complexity index is 144. The summed E-state index contributed by atoms with van der Waals surface area (Å²) in [5.41, 5.74) is 5.15. The second-order valence-corrected chi connectivity index (χ2v) is 2.10. The third-order valence-corrected chi connectivity index (χ3v) is 1.14. The summed E-state index contributed by atoms with van der Waals surface area (Å²) in [6, 6.07) is 0. The molecule has 0 fully saturated rings. The molecule has 0 spiro atoms. The van der Waals surface area contributed by atoms with E-state index in [0.717, 1.165) is 0 Å². The van der Waals surface area contributed by atoms with Crippen molar-refractivity contribution in [1.29, 1.82) is 5.41 Å². The number of likely N-dealkylation sites (N-methyl/N-ethyl adjacent to an activating group) is 1. The van der Waals surface area contributed by atoms with E-state index < -0.39 is 0 Å². The Morgan fingerprint density at radius 2 is 2.20 bits per heavy atom. The van der Waals surface area contributed by atoms with Crippen molar-refractivity contribution in [3.05, 3.63) is 0 Å². The molecule has 0 bridgehead atoms. The monoisotopic (exact) mass is 143 g/mol. The quantitative estimate of drug-likeness (QED) is 0.424. The molecule has 0 aliphatic heterocycles. The van der Waals surface area contributed by atoms with Crippen LogP contribution in [0.1, 0.15) is 13.8 Å². The van der Waals surface area contributed by atoms with Crippen LogP contribution in [0.25, 0.3) is 0 Å². The van der Waals surface area contributed by atoms with E-state index in [1.165, 1.54) is 11.8 Å². The lowest BCUT2D eigenvalue weighted by atomic mass is 10.4. The highest BCUT2D eigenvalue weighted by atomic mass is 16.1. The molecular weight excluding hydrogens is 130 g/mol. The summed E-state index contributed by atoms with van der Waals surface area (Å²) in [4.78, 5) is 12.0. The number of hydrogen-bond acceptors (Lipinski definition) is 2. The Kier molecular flexibility index (Phi) is 3.46. The zero-order chi connectivity index (χ0) is 8.15. The Morgan fingerprint density at radius 3 is 2.30 bits per heavy atom. The molecule has 4 nitrogen and oxygen atoms in total. The molecule has 0 aliphatic rings. The molecular formula is C6H13N3O. The van der Waals surface area contributed by atoms with Gasteiger partial charge in [-0.25, -0.2) is 0 Å². The van der Waals surface area contributed by atoms with Crippen LogP contribution >= 0.6 is 0 Å². The molecule has 0 heterocycles. The van der Waals surface area contributed by atoms with Crippen LogP contribution < -0.4 is 5.73 Å². The van der Waals surface area contributed by atoms with Crippen LogP contribution in [0.2, 0.25) is 0 Å². The molecule has 10 heavy (non-hydrogen) atoms. The average Bonchev–Trinajstić information content (AvgIpc) is 1.81. The van der Waals surface area contributed by atoms with Crippen molar-refractivity contribution < 1.29 is 4.79 Å². The van der Waals surface area contributed by atoms with Gasteiger partial charge in [0.25, 0.3) is 0 Å². The van der Waals surface area contributed by atoms with Crippen LogP contribution in [0, 0.1) is 5.41 Å². The normalized spacial score (nSPS) is 9.00. The van der Waals surface area contributed by atoms with Gasteiger partial charge in [-0.3, -0.25) is 10.2 Å². The summed E-state index contributed by atoms with van der Waals surface area (Å²) in [5.74, 6) is -0.0187. The van der Waals surface area contributed by atoms with Gasteiger partial charge in [0.05, 0.1) is 6.54 Å². The Labute approximate surface area is 60.5 Å². The minimum atomic E-state index is -0.0438. The largest absolute Gasteiger partial charge is 0.370 e. The third-order valence-electron chi connectivity index (χ3n) is 1.14. The van der Waals surface area contributed by atoms with E-state index in [0.29, 0.717) is 6.54 Å². The van der Waals surface area contributed by atoms with Crippen LogP contribution in [0.4, 0.5) is 0 Å². The van der Waals surface area contributed by atoms with Crippen molar-refractivity contribution in [3.63, 3.8) is 0 Å². The van der Waals surface area contributed by atoms with Crippen molar-refractivity contribution in [2.24, 2.45) is 5.73 Å². The number of nitrogens with zero attached hydrogens (tertiary/aromatic N) is 1. The molecule has 0 aliphatic carbocycles. The number of hydrogen-bond donors (Lipinski definition) is 2. The summed E-state index contributed by atoms with van der Waals surface area (Å²) in [5, 5.41) is 7.00. The highest BCUT2D eigenvalue weighted by molar-refractivity contribution is 5.83. The van der Waals surface area contributed by atoms with Crippen LogP contribution in [0.5, 0.6) is 0 Å². The molecule has 0 unspecified atom stereocenters. The third kappa shape index (κ3) is 3.06. The fourth-order valence-corrected chi connectivity index (χ4v) is 0.636. The first-order valence-electron chi connectivity index (χ1n) is 3.16. The van der Waals surface area contributed by atoms with Gasteiger partial charge in [-0.05, 0) is 13.8 Å². The Hall–Kier alpha value is -1.06. The highest BCUT2D eigenvalue weighted by Crippen LogP contribution is 1.84. The molecule has 0 amide bonds. The van der Waals surface area contributed by atoms with Gasteiger partial charge in [-0.2, -0.15) is 0 Å². The standard InChI is InChI=1S/C6H13N3O/c1-3-9(6(7)8)4-5(2)10/h3-4H2,1-2H3,(H3,7,8). The maximum absolute atomic E-state index is 10.5. The van der Waals surface area contributed by atoms with E-state index in [4.69, 9.17) is 11.1 Å². The molecule has 0 atom stereocenters. The van der Waals surface area contributed by atoms with E-state index in [9.17, 15) is 4.79 Å². The SMILES string of the molecule is CCN(CC(C)=O)C(=N)N. The summed E-state index contributed by atoms with van der Waals surface area (Å²) in [7, 11) is 0. The van der Waals surface area contributed by atoms with Gasteiger partial charge in [0.1, 0.15) is 5.78 Å². The summed E-state index contributed by atoms with van der Waals surface area (Å²) in [6.45, 7) is 4.18. The predicted octanol–water partition coefficient (Wildman–Crippen LogP) is -0.209. The summed E-state index contributed by atoms with van der Waals surface area (Å²) in [6.07, 6.45) is 0. The van der Waals surface area contributed by atoms with E-state index in [-0.39, 0.29) is 18.3 Å². The van der Waals surface area contributed by atoms with Crippen LogP contribution in [0.3, 0.4) is 0 Å².